The molecule has 0 heterocycles. The van der Waals surface area contributed by atoms with E-state index in [-0.39, 0.29) is 29.4 Å². The Kier molecular flexibility index (Phi) is 5.44. The highest BCUT2D eigenvalue weighted by Crippen LogP contribution is 2.11. The third kappa shape index (κ3) is 4.02. The molecule has 0 aliphatic heterocycles. The van der Waals surface area contributed by atoms with Crippen LogP contribution in [0.5, 0.6) is 0 Å². The number of nitrogens with one attached hydrogen (secondary N) is 1. The van der Waals surface area contributed by atoms with Crippen molar-refractivity contribution in [1.29, 1.82) is 0 Å². The number of hydrogen-bond acceptors (Lipinski definition) is 3. The first-order valence-corrected chi connectivity index (χ1v) is 6.57. The van der Waals surface area contributed by atoms with Gasteiger partial charge >= 0.3 is 0 Å². The van der Waals surface area contributed by atoms with Crippen LogP contribution in [0.15, 0.2) is 24.3 Å². The second kappa shape index (κ2) is 6.61. The first kappa shape index (κ1) is 14.0. The molecule has 1 aromatic rings. The lowest BCUT2D eigenvalue weighted by Gasteiger charge is -2.21. The van der Waals surface area contributed by atoms with E-state index in [9.17, 15) is 9.18 Å². The fourth-order valence-electron chi connectivity index (χ4n) is 1.45. The number of aliphatic hydroxyl groups excluding tert-OH is 1. The topological polar surface area (TPSA) is 49.3 Å². The number of hydrogen-bond donors (Lipinski definition) is 2. The summed E-state index contributed by atoms with van der Waals surface area (Å²) in [6, 6.07) is 5.35. The Hall–Kier alpha value is -1.07. The van der Waals surface area contributed by atoms with Crippen LogP contribution in [0.1, 0.15) is 17.3 Å². The van der Waals surface area contributed by atoms with Gasteiger partial charge in [-0.05, 0) is 31.4 Å². The van der Waals surface area contributed by atoms with Gasteiger partial charge in [-0.25, -0.2) is 4.39 Å². The first-order chi connectivity index (χ1) is 8.08. The number of halogens is 1. The summed E-state index contributed by atoms with van der Waals surface area (Å²) in [5.74, 6) is -0.765. The van der Waals surface area contributed by atoms with E-state index in [2.05, 4.69) is 5.32 Å². The Balaban J connectivity index is 2.66. The maximum absolute atomic E-state index is 12.9. The molecule has 1 amide bonds. The summed E-state index contributed by atoms with van der Waals surface area (Å²) < 4.78 is 12.9. The van der Waals surface area contributed by atoms with E-state index >= 15 is 0 Å². The molecule has 1 rings (SSSR count). The Bertz CT molecular complexity index is 383. The van der Waals surface area contributed by atoms with Gasteiger partial charge in [0.15, 0.2) is 0 Å². The molecule has 0 fully saturated rings. The number of carbonyl (C=O) groups excluding carboxylic acids is 1. The first-order valence-electron chi connectivity index (χ1n) is 5.28. The van der Waals surface area contributed by atoms with Crippen LogP contribution in [0.2, 0.25) is 0 Å². The standard InChI is InChI=1S/C12H16FNO2S/c1-8(11(7-15)17-2)14-12(16)9-4-3-5-10(13)6-9/h3-6,8,11,15H,7H2,1-2H3,(H,14,16). The minimum atomic E-state index is -0.436. The van der Waals surface area contributed by atoms with Gasteiger partial charge in [0.2, 0.25) is 0 Å². The van der Waals surface area contributed by atoms with Gasteiger partial charge in [-0.3, -0.25) is 4.79 Å². The summed E-state index contributed by atoms with van der Waals surface area (Å²) in [6.07, 6.45) is 1.87. The van der Waals surface area contributed by atoms with Crippen LogP contribution in [0, 0.1) is 5.82 Å². The smallest absolute Gasteiger partial charge is 0.251 e. The van der Waals surface area contributed by atoms with Crippen molar-refractivity contribution in [2.75, 3.05) is 12.9 Å². The molecule has 0 aliphatic carbocycles. The van der Waals surface area contributed by atoms with Gasteiger partial charge in [-0.15, -0.1) is 0 Å². The Labute approximate surface area is 104 Å². The number of carbonyl (C=O) groups is 1. The minimum Gasteiger partial charge on any atom is -0.395 e. The van der Waals surface area contributed by atoms with Crippen LogP contribution in [-0.4, -0.2) is 35.2 Å². The van der Waals surface area contributed by atoms with Crippen LogP contribution < -0.4 is 5.32 Å². The van der Waals surface area contributed by atoms with Gasteiger partial charge in [-0.2, -0.15) is 11.8 Å². The van der Waals surface area contributed by atoms with Gasteiger partial charge in [-0.1, -0.05) is 6.07 Å². The summed E-state index contributed by atoms with van der Waals surface area (Å²) in [7, 11) is 0. The third-order valence-electron chi connectivity index (χ3n) is 2.49. The summed E-state index contributed by atoms with van der Waals surface area (Å²) in [4.78, 5) is 11.8. The predicted octanol–water partition coefficient (Wildman–Crippen LogP) is 1.67. The summed E-state index contributed by atoms with van der Waals surface area (Å²) >= 11 is 1.48. The number of thioether (sulfide) groups is 1. The SMILES string of the molecule is CSC(CO)C(C)NC(=O)c1cccc(F)c1. The molecule has 3 nitrogen and oxygen atoms in total. The molecular formula is C12H16FNO2S. The highest BCUT2D eigenvalue weighted by atomic mass is 32.2. The molecule has 2 unspecified atom stereocenters. The minimum absolute atomic E-state index is 0.00817. The fourth-order valence-corrected chi connectivity index (χ4v) is 2.07. The number of rotatable bonds is 5. The van der Waals surface area contributed by atoms with E-state index in [1.54, 1.807) is 6.07 Å². The van der Waals surface area contributed by atoms with Crippen LogP contribution >= 0.6 is 11.8 Å². The lowest BCUT2D eigenvalue weighted by Crippen LogP contribution is -2.41. The van der Waals surface area contributed by atoms with Crippen LogP contribution in [0.4, 0.5) is 4.39 Å². The average molecular weight is 257 g/mol. The van der Waals surface area contributed by atoms with Gasteiger partial charge in [0.25, 0.3) is 5.91 Å². The van der Waals surface area contributed by atoms with Crippen LogP contribution in [0.25, 0.3) is 0 Å². The average Bonchev–Trinajstić information content (AvgIpc) is 2.30. The normalized spacial score (nSPS) is 14.1. The molecule has 0 bridgehead atoms. The van der Waals surface area contributed by atoms with Crippen LogP contribution in [0.3, 0.4) is 0 Å². The second-order valence-corrected chi connectivity index (χ2v) is 4.81. The zero-order valence-electron chi connectivity index (χ0n) is 9.81. The van der Waals surface area contributed by atoms with E-state index in [0.717, 1.165) is 0 Å². The van der Waals surface area contributed by atoms with Gasteiger partial charge in [0, 0.05) is 16.9 Å². The van der Waals surface area contributed by atoms with Gasteiger partial charge < -0.3 is 10.4 Å². The molecule has 0 aromatic heterocycles. The van der Waals surface area contributed by atoms with Gasteiger partial charge in [0.05, 0.1) is 6.61 Å². The zero-order chi connectivity index (χ0) is 12.8. The van der Waals surface area contributed by atoms with E-state index in [0.29, 0.717) is 0 Å². The Morgan fingerprint density at radius 3 is 2.82 bits per heavy atom. The molecule has 1 aromatic carbocycles. The van der Waals surface area contributed by atoms with E-state index < -0.39 is 5.82 Å². The molecule has 5 heteroatoms. The zero-order valence-corrected chi connectivity index (χ0v) is 10.6. The third-order valence-corrected chi connectivity index (χ3v) is 3.65. The lowest BCUT2D eigenvalue weighted by molar-refractivity contribution is 0.0935. The lowest BCUT2D eigenvalue weighted by atomic mass is 10.1. The van der Waals surface area contributed by atoms with Crippen molar-refractivity contribution in [2.24, 2.45) is 0 Å². The van der Waals surface area contributed by atoms with E-state index in [4.69, 9.17) is 5.11 Å². The Morgan fingerprint density at radius 1 is 1.59 bits per heavy atom. The van der Waals surface area contributed by atoms with Crippen molar-refractivity contribution in [3.05, 3.63) is 35.6 Å². The molecule has 0 saturated heterocycles. The monoisotopic (exact) mass is 257 g/mol. The maximum Gasteiger partial charge on any atom is 0.251 e. The fraction of sp³-hybridized carbons (Fsp3) is 0.417. The molecule has 17 heavy (non-hydrogen) atoms. The van der Waals surface area contributed by atoms with Gasteiger partial charge in [0.1, 0.15) is 5.82 Å². The summed E-state index contributed by atoms with van der Waals surface area (Å²) in [5, 5.41) is 11.8. The molecular weight excluding hydrogens is 241 g/mol. The molecule has 0 aliphatic rings. The molecule has 0 radical (unpaired) electrons. The highest BCUT2D eigenvalue weighted by Gasteiger charge is 2.18. The number of benzene rings is 1. The molecule has 0 saturated carbocycles. The van der Waals surface area contributed by atoms with Crippen molar-refractivity contribution in [3.63, 3.8) is 0 Å². The molecule has 94 valence electrons. The predicted molar refractivity (Wildman–Crippen MR) is 67.7 cm³/mol. The van der Waals surface area contributed by atoms with Crippen molar-refractivity contribution in [2.45, 2.75) is 18.2 Å². The molecule has 2 atom stereocenters. The van der Waals surface area contributed by atoms with Crippen molar-refractivity contribution in [1.82, 2.24) is 5.32 Å². The molecule has 0 spiro atoms. The summed E-state index contributed by atoms with van der Waals surface area (Å²) in [6.45, 7) is 1.81. The van der Waals surface area contributed by atoms with Crippen molar-refractivity contribution >= 4 is 17.7 Å². The van der Waals surface area contributed by atoms with Crippen LogP contribution in [-0.2, 0) is 0 Å². The maximum atomic E-state index is 12.9. The summed E-state index contributed by atoms with van der Waals surface area (Å²) in [5.41, 5.74) is 0.287. The van der Waals surface area contributed by atoms with E-state index in [1.165, 1.54) is 30.0 Å². The quantitative estimate of drug-likeness (QED) is 0.843. The largest absolute Gasteiger partial charge is 0.395 e. The van der Waals surface area contributed by atoms with Crippen molar-refractivity contribution < 1.29 is 14.3 Å². The highest BCUT2D eigenvalue weighted by molar-refractivity contribution is 7.99. The second-order valence-electron chi connectivity index (χ2n) is 3.73. The number of aliphatic hydroxyl groups is 1. The van der Waals surface area contributed by atoms with E-state index in [1.807, 2.05) is 13.2 Å². The number of amides is 1. The molecule has 2 N–H and O–H groups in total. The van der Waals surface area contributed by atoms with Crippen molar-refractivity contribution in [3.8, 4) is 0 Å². The Morgan fingerprint density at radius 2 is 2.29 bits per heavy atom.